The molecule has 4 heteroatoms. The lowest BCUT2D eigenvalue weighted by molar-refractivity contribution is 0.0461. The molecule has 1 unspecified atom stereocenters. The Kier molecular flexibility index (Phi) is 2.88. The minimum atomic E-state index is -0.620. The van der Waals surface area contributed by atoms with Gasteiger partial charge in [-0.25, -0.2) is 4.79 Å². The molecule has 0 fully saturated rings. The topological polar surface area (TPSA) is 31.2 Å². The van der Waals surface area contributed by atoms with E-state index >= 15 is 0 Å². The number of aryl methyl sites for hydroxylation is 1. The number of benzene rings is 1. The molecule has 0 aliphatic heterocycles. The van der Waals surface area contributed by atoms with Crippen LogP contribution in [0.2, 0.25) is 0 Å². The van der Waals surface area contributed by atoms with E-state index in [0.29, 0.717) is 5.69 Å². The van der Waals surface area contributed by atoms with Crippen molar-refractivity contribution in [3.63, 3.8) is 0 Å². The highest BCUT2D eigenvalue weighted by Crippen LogP contribution is 2.19. The highest BCUT2D eigenvalue weighted by atomic mass is 35.5. The second-order valence-corrected chi connectivity index (χ2v) is 4.21. The maximum atomic E-state index is 11.7. The zero-order chi connectivity index (χ0) is 11.7. The van der Waals surface area contributed by atoms with Crippen LogP contribution in [-0.2, 0) is 11.8 Å². The van der Waals surface area contributed by atoms with Crippen molar-refractivity contribution in [3.05, 3.63) is 36.0 Å². The number of carbonyl (C=O) groups excluding carboxylic acids is 1. The molecule has 0 spiro atoms. The summed E-state index contributed by atoms with van der Waals surface area (Å²) in [6.45, 7) is 1.61. The van der Waals surface area contributed by atoms with E-state index in [4.69, 9.17) is 16.3 Å². The molecular weight excluding hydrogens is 226 g/mol. The third-order valence-corrected chi connectivity index (χ3v) is 2.52. The van der Waals surface area contributed by atoms with Gasteiger partial charge in [0.1, 0.15) is 5.69 Å². The molecule has 0 aliphatic carbocycles. The molecule has 3 nitrogen and oxygen atoms in total. The summed E-state index contributed by atoms with van der Waals surface area (Å²) in [5.41, 5.74) is 0.885. The number of aromatic nitrogens is 1. The zero-order valence-corrected chi connectivity index (χ0v) is 9.86. The van der Waals surface area contributed by atoms with Crippen molar-refractivity contribution in [2.75, 3.05) is 0 Å². The minimum absolute atomic E-state index is 0.402. The monoisotopic (exact) mass is 237 g/mol. The molecule has 0 amide bonds. The number of nitrogens with zero attached hydrogens (tertiary/aromatic N) is 1. The fourth-order valence-corrected chi connectivity index (χ4v) is 1.77. The molecule has 1 heterocycles. The average molecular weight is 238 g/mol. The summed E-state index contributed by atoms with van der Waals surface area (Å²) in [5, 5.41) is 1.01. The molecule has 1 aromatic heterocycles. The minimum Gasteiger partial charge on any atom is -0.442 e. The van der Waals surface area contributed by atoms with Crippen LogP contribution in [0, 0.1) is 0 Å². The summed E-state index contributed by atoms with van der Waals surface area (Å²) in [6, 6.07) is 9.58. The lowest BCUT2D eigenvalue weighted by Gasteiger charge is -2.06. The van der Waals surface area contributed by atoms with E-state index in [1.165, 1.54) is 0 Å². The zero-order valence-electron chi connectivity index (χ0n) is 9.11. The maximum Gasteiger partial charge on any atom is 0.356 e. The summed E-state index contributed by atoms with van der Waals surface area (Å²) in [6.07, 6.45) is 0. The molecular formula is C12H12ClNO2. The first-order valence-corrected chi connectivity index (χ1v) is 5.43. The number of fused-ring (bicyclic) bond motifs is 1. The average Bonchev–Trinajstić information content (AvgIpc) is 2.56. The van der Waals surface area contributed by atoms with Gasteiger partial charge in [-0.2, -0.15) is 0 Å². The molecule has 1 aromatic carbocycles. The Labute approximate surface area is 98.6 Å². The Morgan fingerprint density at radius 1 is 1.44 bits per heavy atom. The van der Waals surface area contributed by atoms with Gasteiger partial charge >= 0.3 is 5.97 Å². The van der Waals surface area contributed by atoms with E-state index in [1.54, 1.807) is 17.6 Å². The molecule has 0 N–H and O–H groups in total. The number of carbonyl (C=O) groups is 1. The van der Waals surface area contributed by atoms with Crippen LogP contribution in [0.5, 0.6) is 0 Å². The first kappa shape index (κ1) is 11.0. The summed E-state index contributed by atoms with van der Waals surface area (Å²) >= 11 is 5.62. The van der Waals surface area contributed by atoms with E-state index < -0.39 is 11.5 Å². The molecule has 0 radical (unpaired) electrons. The van der Waals surface area contributed by atoms with Gasteiger partial charge in [0.25, 0.3) is 0 Å². The van der Waals surface area contributed by atoms with Crippen molar-refractivity contribution < 1.29 is 9.53 Å². The highest BCUT2D eigenvalue weighted by Gasteiger charge is 2.15. The third kappa shape index (κ3) is 1.91. The third-order valence-electron chi connectivity index (χ3n) is 2.43. The number of para-hydroxylation sites is 1. The van der Waals surface area contributed by atoms with Gasteiger partial charge in [-0.1, -0.05) is 29.8 Å². The molecule has 2 aromatic rings. The van der Waals surface area contributed by atoms with Gasteiger partial charge in [0, 0.05) is 18.0 Å². The molecule has 1 atom stereocenters. The number of ether oxygens (including phenoxy) is 1. The standard InChI is InChI=1S/C12H12ClNO2/c1-8(13)16-12(15)11-7-9-5-3-4-6-10(9)14(11)2/h3-8H,1-2H3. The Hall–Kier alpha value is -1.48. The van der Waals surface area contributed by atoms with Crippen LogP contribution in [0.4, 0.5) is 0 Å². The van der Waals surface area contributed by atoms with Crippen LogP contribution in [0.1, 0.15) is 17.4 Å². The number of hydrogen-bond donors (Lipinski definition) is 0. The van der Waals surface area contributed by atoms with Crippen LogP contribution in [0.3, 0.4) is 0 Å². The predicted molar refractivity (Wildman–Crippen MR) is 63.6 cm³/mol. The van der Waals surface area contributed by atoms with Crippen LogP contribution in [0.25, 0.3) is 10.9 Å². The normalized spacial score (nSPS) is 12.7. The van der Waals surface area contributed by atoms with Gasteiger partial charge in [0.2, 0.25) is 0 Å². The Balaban J connectivity index is 2.45. The summed E-state index contributed by atoms with van der Waals surface area (Å²) in [4.78, 5) is 11.7. The van der Waals surface area contributed by atoms with Gasteiger partial charge in [-0.3, -0.25) is 0 Å². The number of hydrogen-bond acceptors (Lipinski definition) is 2. The summed E-state index contributed by atoms with van der Waals surface area (Å²) < 4.78 is 6.75. The predicted octanol–water partition coefficient (Wildman–Crippen LogP) is 2.92. The molecule has 84 valence electrons. The Morgan fingerprint density at radius 2 is 2.12 bits per heavy atom. The van der Waals surface area contributed by atoms with Crippen molar-refractivity contribution in [1.29, 1.82) is 0 Å². The maximum absolute atomic E-state index is 11.7. The largest absolute Gasteiger partial charge is 0.442 e. The second kappa shape index (κ2) is 4.18. The summed E-state index contributed by atoms with van der Waals surface area (Å²) in [5.74, 6) is -0.402. The van der Waals surface area contributed by atoms with Gasteiger partial charge in [-0.05, 0) is 19.1 Å². The van der Waals surface area contributed by atoms with Gasteiger partial charge in [0.15, 0.2) is 5.56 Å². The molecule has 0 bridgehead atoms. The smallest absolute Gasteiger partial charge is 0.356 e. The fraction of sp³-hybridized carbons (Fsp3) is 0.250. The van der Waals surface area contributed by atoms with E-state index in [1.807, 2.05) is 31.3 Å². The van der Waals surface area contributed by atoms with Crippen LogP contribution < -0.4 is 0 Å². The van der Waals surface area contributed by atoms with E-state index in [0.717, 1.165) is 10.9 Å². The first-order chi connectivity index (χ1) is 7.59. The van der Waals surface area contributed by atoms with Gasteiger partial charge in [0.05, 0.1) is 0 Å². The number of rotatable bonds is 2. The lowest BCUT2D eigenvalue weighted by Crippen LogP contribution is -2.13. The van der Waals surface area contributed by atoms with E-state index in [9.17, 15) is 4.79 Å². The lowest BCUT2D eigenvalue weighted by atomic mass is 10.2. The van der Waals surface area contributed by atoms with Crippen molar-refractivity contribution in [1.82, 2.24) is 4.57 Å². The van der Waals surface area contributed by atoms with E-state index in [2.05, 4.69) is 0 Å². The van der Waals surface area contributed by atoms with Gasteiger partial charge < -0.3 is 9.30 Å². The van der Waals surface area contributed by atoms with Crippen molar-refractivity contribution in [2.45, 2.75) is 12.5 Å². The molecule has 0 saturated carbocycles. The SMILES string of the molecule is CC(Cl)OC(=O)c1cc2ccccc2n1C. The second-order valence-electron chi connectivity index (χ2n) is 3.60. The van der Waals surface area contributed by atoms with Crippen LogP contribution in [0.15, 0.2) is 30.3 Å². The van der Waals surface area contributed by atoms with Crippen molar-refractivity contribution >= 4 is 28.5 Å². The van der Waals surface area contributed by atoms with Crippen molar-refractivity contribution in [3.8, 4) is 0 Å². The van der Waals surface area contributed by atoms with Crippen molar-refractivity contribution in [2.24, 2.45) is 7.05 Å². The molecule has 2 rings (SSSR count). The number of halogens is 1. The molecule has 0 saturated heterocycles. The van der Waals surface area contributed by atoms with Gasteiger partial charge in [-0.15, -0.1) is 0 Å². The van der Waals surface area contributed by atoms with E-state index in [-0.39, 0.29) is 0 Å². The summed E-state index contributed by atoms with van der Waals surface area (Å²) in [7, 11) is 1.83. The first-order valence-electron chi connectivity index (χ1n) is 4.99. The molecule has 0 aliphatic rings. The van der Waals surface area contributed by atoms with Crippen LogP contribution in [-0.4, -0.2) is 16.1 Å². The Morgan fingerprint density at radius 3 is 2.75 bits per heavy atom. The highest BCUT2D eigenvalue weighted by molar-refractivity contribution is 6.20. The number of alkyl halides is 1. The number of esters is 1. The van der Waals surface area contributed by atoms with Crippen LogP contribution >= 0.6 is 11.6 Å². The molecule has 16 heavy (non-hydrogen) atoms. The quantitative estimate of drug-likeness (QED) is 0.594. The fourth-order valence-electron chi connectivity index (χ4n) is 1.69. The Bertz CT molecular complexity index is 531.